The predicted octanol–water partition coefficient (Wildman–Crippen LogP) is 2.61. The van der Waals surface area contributed by atoms with Gasteiger partial charge in [-0.15, -0.1) is 0 Å². The van der Waals surface area contributed by atoms with Gasteiger partial charge in [-0.2, -0.15) is 0 Å². The second-order valence-corrected chi connectivity index (χ2v) is 6.50. The monoisotopic (exact) mass is 286 g/mol. The van der Waals surface area contributed by atoms with E-state index in [2.05, 4.69) is 25.8 Å². The van der Waals surface area contributed by atoms with Crippen LogP contribution in [0.25, 0.3) is 0 Å². The third kappa shape index (κ3) is 4.42. The topological polar surface area (TPSA) is 47.7 Å². The number of nitrogens with two attached hydrogens (primary N) is 1. The molecular formula is C16H34N2O2. The lowest BCUT2D eigenvalue weighted by Gasteiger charge is -2.46. The third-order valence-electron chi connectivity index (χ3n) is 5.36. The maximum absolute atomic E-state index is 6.07. The van der Waals surface area contributed by atoms with Crippen LogP contribution in [0.1, 0.15) is 52.4 Å². The van der Waals surface area contributed by atoms with Crippen molar-refractivity contribution in [3.8, 4) is 0 Å². The molecule has 0 amide bonds. The zero-order valence-corrected chi connectivity index (χ0v) is 14.0. The molecular weight excluding hydrogens is 252 g/mol. The fourth-order valence-corrected chi connectivity index (χ4v) is 3.37. The van der Waals surface area contributed by atoms with Crippen molar-refractivity contribution in [2.24, 2.45) is 11.7 Å². The minimum atomic E-state index is -0.182. The molecule has 1 aliphatic carbocycles. The molecule has 0 aromatic carbocycles. The van der Waals surface area contributed by atoms with Gasteiger partial charge >= 0.3 is 0 Å². The van der Waals surface area contributed by atoms with Crippen LogP contribution in [0.3, 0.4) is 0 Å². The highest BCUT2D eigenvalue weighted by molar-refractivity contribution is 4.92. The second-order valence-electron chi connectivity index (χ2n) is 6.50. The lowest BCUT2D eigenvalue weighted by Crippen LogP contribution is -2.56. The van der Waals surface area contributed by atoms with Crippen LogP contribution >= 0.6 is 0 Å². The molecule has 1 fully saturated rings. The van der Waals surface area contributed by atoms with E-state index in [9.17, 15) is 0 Å². The first-order valence-electron chi connectivity index (χ1n) is 7.99. The van der Waals surface area contributed by atoms with Crippen molar-refractivity contribution in [2.75, 3.05) is 27.8 Å². The van der Waals surface area contributed by atoms with E-state index >= 15 is 0 Å². The fraction of sp³-hybridized carbons (Fsp3) is 1.00. The van der Waals surface area contributed by atoms with Gasteiger partial charge in [0.15, 0.2) is 6.29 Å². The summed E-state index contributed by atoms with van der Waals surface area (Å²) in [5.41, 5.74) is 6.00. The largest absolute Gasteiger partial charge is 0.356 e. The molecule has 4 nitrogen and oxygen atoms in total. The normalized spacial score (nSPS) is 27.0. The molecule has 0 aromatic heterocycles. The number of rotatable bonds is 8. The van der Waals surface area contributed by atoms with Gasteiger partial charge in [-0.25, -0.2) is 0 Å². The quantitative estimate of drug-likeness (QED) is 0.697. The van der Waals surface area contributed by atoms with E-state index in [0.29, 0.717) is 12.6 Å². The lowest BCUT2D eigenvalue weighted by molar-refractivity contribution is -0.130. The van der Waals surface area contributed by atoms with Crippen LogP contribution in [-0.2, 0) is 9.47 Å². The summed E-state index contributed by atoms with van der Waals surface area (Å²) in [6, 6.07) is 0.640. The zero-order valence-electron chi connectivity index (χ0n) is 14.0. The van der Waals surface area contributed by atoms with E-state index in [4.69, 9.17) is 15.2 Å². The lowest BCUT2D eigenvalue weighted by atomic mass is 9.82. The van der Waals surface area contributed by atoms with Crippen LogP contribution in [0, 0.1) is 5.92 Å². The molecule has 0 aromatic rings. The van der Waals surface area contributed by atoms with E-state index in [1.807, 2.05) is 0 Å². The molecule has 1 unspecified atom stereocenters. The van der Waals surface area contributed by atoms with Crippen LogP contribution in [0.2, 0.25) is 0 Å². The first-order valence-corrected chi connectivity index (χ1v) is 7.99. The van der Waals surface area contributed by atoms with Gasteiger partial charge in [-0.1, -0.05) is 13.3 Å². The highest BCUT2D eigenvalue weighted by atomic mass is 16.7. The van der Waals surface area contributed by atoms with Crippen molar-refractivity contribution >= 4 is 0 Å². The van der Waals surface area contributed by atoms with E-state index < -0.39 is 0 Å². The van der Waals surface area contributed by atoms with Gasteiger partial charge in [0.05, 0.1) is 0 Å². The summed E-state index contributed by atoms with van der Waals surface area (Å²) in [6.45, 7) is 5.16. The molecule has 120 valence electrons. The molecule has 1 aliphatic rings. The van der Waals surface area contributed by atoms with Gasteiger partial charge in [0, 0.05) is 38.8 Å². The smallest absolute Gasteiger partial charge is 0.158 e. The number of nitrogens with zero attached hydrogens (tertiary/aromatic N) is 1. The molecule has 0 radical (unpaired) electrons. The van der Waals surface area contributed by atoms with Crippen LogP contribution in [0.15, 0.2) is 0 Å². The standard InChI is InChI=1S/C16H34N2O2/c1-6-13-7-9-14(10-8-13)18(3)16(2,12-17)11-15(19-4)20-5/h13-15H,6-12,17H2,1-5H3. The molecule has 0 saturated heterocycles. The van der Waals surface area contributed by atoms with E-state index in [1.54, 1.807) is 14.2 Å². The molecule has 4 heteroatoms. The Hall–Kier alpha value is -0.160. The Labute approximate surface area is 125 Å². The van der Waals surface area contributed by atoms with Crippen LogP contribution in [-0.4, -0.2) is 50.6 Å². The molecule has 0 bridgehead atoms. The first-order chi connectivity index (χ1) is 9.50. The van der Waals surface area contributed by atoms with Crippen LogP contribution < -0.4 is 5.73 Å². The highest BCUT2D eigenvalue weighted by Gasteiger charge is 2.36. The summed E-state index contributed by atoms with van der Waals surface area (Å²) in [7, 11) is 5.60. The minimum absolute atomic E-state index is 0.0690. The average Bonchev–Trinajstić information content (AvgIpc) is 2.51. The van der Waals surface area contributed by atoms with Gasteiger partial charge in [-0.3, -0.25) is 4.90 Å². The molecule has 1 saturated carbocycles. The van der Waals surface area contributed by atoms with Crippen molar-refractivity contribution in [2.45, 2.75) is 70.2 Å². The van der Waals surface area contributed by atoms with Gasteiger partial charge in [0.25, 0.3) is 0 Å². The van der Waals surface area contributed by atoms with E-state index in [0.717, 1.165) is 12.3 Å². The van der Waals surface area contributed by atoms with Gasteiger partial charge in [-0.05, 0) is 45.6 Å². The molecule has 20 heavy (non-hydrogen) atoms. The summed E-state index contributed by atoms with van der Waals surface area (Å²) in [4.78, 5) is 2.48. The summed E-state index contributed by atoms with van der Waals surface area (Å²) < 4.78 is 10.7. The zero-order chi connectivity index (χ0) is 15.2. The SMILES string of the molecule is CCC1CCC(N(C)C(C)(CN)CC(OC)OC)CC1. The number of likely N-dealkylation sites (N-methyl/N-ethyl adjacent to an activating group) is 1. The summed E-state index contributed by atoms with van der Waals surface area (Å²) in [6.07, 6.45) is 7.22. The van der Waals surface area contributed by atoms with Crippen molar-refractivity contribution < 1.29 is 9.47 Å². The van der Waals surface area contributed by atoms with Crippen molar-refractivity contribution in [1.29, 1.82) is 0 Å². The Morgan fingerprint density at radius 1 is 1.20 bits per heavy atom. The number of hydrogen-bond donors (Lipinski definition) is 1. The minimum Gasteiger partial charge on any atom is -0.356 e. The maximum Gasteiger partial charge on any atom is 0.158 e. The molecule has 1 atom stereocenters. The number of methoxy groups -OCH3 is 2. The third-order valence-corrected chi connectivity index (χ3v) is 5.36. The Kier molecular flexibility index (Phi) is 7.45. The predicted molar refractivity (Wildman–Crippen MR) is 83.7 cm³/mol. The molecule has 1 rings (SSSR count). The average molecular weight is 286 g/mol. The summed E-state index contributed by atoms with van der Waals surface area (Å²) >= 11 is 0. The van der Waals surface area contributed by atoms with E-state index in [1.165, 1.54) is 32.1 Å². The highest BCUT2D eigenvalue weighted by Crippen LogP contribution is 2.33. The van der Waals surface area contributed by atoms with Gasteiger partial charge in [0.2, 0.25) is 0 Å². The molecule has 0 spiro atoms. The Bertz CT molecular complexity index is 263. The molecule has 0 aliphatic heterocycles. The number of ether oxygens (including phenoxy) is 2. The summed E-state index contributed by atoms with van der Waals surface area (Å²) in [5.74, 6) is 0.925. The van der Waals surface area contributed by atoms with Crippen molar-refractivity contribution in [3.63, 3.8) is 0 Å². The van der Waals surface area contributed by atoms with Crippen molar-refractivity contribution in [3.05, 3.63) is 0 Å². The number of hydrogen-bond acceptors (Lipinski definition) is 4. The Morgan fingerprint density at radius 2 is 1.75 bits per heavy atom. The second kappa shape index (κ2) is 8.32. The first kappa shape index (κ1) is 17.9. The van der Waals surface area contributed by atoms with Crippen LogP contribution in [0.5, 0.6) is 0 Å². The Morgan fingerprint density at radius 3 is 2.15 bits per heavy atom. The van der Waals surface area contributed by atoms with Crippen LogP contribution in [0.4, 0.5) is 0 Å². The summed E-state index contributed by atoms with van der Waals surface area (Å²) in [5, 5.41) is 0. The molecule has 0 heterocycles. The fourth-order valence-electron chi connectivity index (χ4n) is 3.37. The van der Waals surface area contributed by atoms with Gasteiger partial charge in [0.1, 0.15) is 0 Å². The molecule has 2 N–H and O–H groups in total. The Balaban J connectivity index is 2.63. The van der Waals surface area contributed by atoms with E-state index in [-0.39, 0.29) is 11.8 Å². The maximum atomic E-state index is 6.07. The van der Waals surface area contributed by atoms with Crippen molar-refractivity contribution in [1.82, 2.24) is 4.90 Å². The van der Waals surface area contributed by atoms with Gasteiger partial charge < -0.3 is 15.2 Å².